The minimum Gasteiger partial charge on any atom is -0.451 e. The molecule has 158 valence electrons. The van der Waals surface area contributed by atoms with E-state index in [-0.39, 0.29) is 11.2 Å². The smallest absolute Gasteiger partial charge is 0.333 e. The molecule has 1 N–H and O–H groups in total. The van der Waals surface area contributed by atoms with Crippen LogP contribution in [0.3, 0.4) is 0 Å². The molecule has 3 rings (SSSR count). The van der Waals surface area contributed by atoms with Crippen molar-refractivity contribution in [2.24, 2.45) is 14.1 Å². The fourth-order valence-corrected chi connectivity index (χ4v) is 2.78. The first-order valence-electron chi connectivity index (χ1n) is 8.66. The summed E-state index contributed by atoms with van der Waals surface area (Å²) in [5.74, 6) is -3.60. The summed E-state index contributed by atoms with van der Waals surface area (Å²) in [5.41, 5.74) is -1.69. The second kappa shape index (κ2) is 7.89. The molecule has 1 aromatic carbocycles. The molecule has 1 unspecified atom stereocenters. The summed E-state index contributed by atoms with van der Waals surface area (Å²) < 4.78 is 34.9. The monoisotopic (exact) mass is 421 g/mol. The third-order valence-corrected chi connectivity index (χ3v) is 4.35. The van der Waals surface area contributed by atoms with Crippen LogP contribution >= 0.6 is 0 Å². The maximum atomic E-state index is 13.6. The van der Waals surface area contributed by atoms with Crippen LogP contribution in [0.5, 0.6) is 0 Å². The molecular formula is C18H17F2N5O5. The molecule has 1 atom stereocenters. The fraction of sp³-hybridized carbons (Fsp3) is 0.278. The van der Waals surface area contributed by atoms with E-state index in [2.05, 4.69) is 10.3 Å². The van der Waals surface area contributed by atoms with Crippen molar-refractivity contribution in [1.82, 2.24) is 18.7 Å². The number of rotatable bonds is 5. The number of imidazole rings is 1. The lowest BCUT2D eigenvalue weighted by molar-refractivity contribution is -0.153. The Morgan fingerprint density at radius 1 is 1.23 bits per heavy atom. The first-order valence-corrected chi connectivity index (χ1v) is 8.66. The van der Waals surface area contributed by atoms with Crippen molar-refractivity contribution in [1.29, 1.82) is 0 Å². The second-order valence-corrected chi connectivity index (χ2v) is 6.51. The number of esters is 1. The van der Waals surface area contributed by atoms with Gasteiger partial charge in [0, 0.05) is 20.2 Å². The Kier molecular flexibility index (Phi) is 5.49. The van der Waals surface area contributed by atoms with E-state index in [1.807, 2.05) is 0 Å². The molecule has 1 amide bonds. The molecule has 12 heteroatoms. The van der Waals surface area contributed by atoms with Gasteiger partial charge >= 0.3 is 11.7 Å². The lowest BCUT2D eigenvalue weighted by atomic mass is 10.2. The minimum absolute atomic E-state index is 0.109. The molecule has 0 fully saturated rings. The highest BCUT2D eigenvalue weighted by molar-refractivity contribution is 5.95. The van der Waals surface area contributed by atoms with E-state index in [1.54, 1.807) is 7.05 Å². The number of amides is 1. The largest absolute Gasteiger partial charge is 0.451 e. The first-order chi connectivity index (χ1) is 14.1. The topological polar surface area (TPSA) is 117 Å². The highest BCUT2D eigenvalue weighted by Crippen LogP contribution is 2.15. The molecule has 2 heterocycles. The van der Waals surface area contributed by atoms with Crippen LogP contribution in [0.1, 0.15) is 6.92 Å². The van der Waals surface area contributed by atoms with Gasteiger partial charge in [0.15, 0.2) is 17.3 Å². The zero-order valence-corrected chi connectivity index (χ0v) is 16.2. The number of carbonyl (C=O) groups is 2. The van der Waals surface area contributed by atoms with Gasteiger partial charge in [0.05, 0.1) is 12.0 Å². The van der Waals surface area contributed by atoms with Crippen molar-refractivity contribution in [2.45, 2.75) is 19.6 Å². The molecule has 0 saturated heterocycles. The predicted octanol–water partition coefficient (Wildman–Crippen LogP) is 0.282. The number of anilines is 1. The normalized spacial score (nSPS) is 12.0. The summed E-state index contributed by atoms with van der Waals surface area (Å²) in [7, 11) is 2.95. The number of nitrogens with zero attached hydrogens (tertiary/aromatic N) is 4. The number of hydrogen-bond donors (Lipinski definition) is 1. The highest BCUT2D eigenvalue weighted by atomic mass is 19.1. The van der Waals surface area contributed by atoms with Crippen LogP contribution in [0.15, 0.2) is 34.1 Å². The van der Waals surface area contributed by atoms with Crippen molar-refractivity contribution in [3.63, 3.8) is 0 Å². The molecule has 2 aromatic heterocycles. The molecule has 3 aromatic rings. The molecule has 0 saturated carbocycles. The molecule has 0 radical (unpaired) electrons. The van der Waals surface area contributed by atoms with Crippen LogP contribution < -0.4 is 16.6 Å². The van der Waals surface area contributed by atoms with Crippen molar-refractivity contribution >= 4 is 28.7 Å². The zero-order chi connectivity index (χ0) is 22.2. The van der Waals surface area contributed by atoms with Gasteiger partial charge < -0.3 is 14.6 Å². The highest BCUT2D eigenvalue weighted by Gasteiger charge is 2.22. The first kappa shape index (κ1) is 20.9. The Hall–Kier alpha value is -3.83. The van der Waals surface area contributed by atoms with Crippen molar-refractivity contribution < 1.29 is 23.1 Å². The molecule has 0 aliphatic carbocycles. The SMILES string of the molecule is CC(OC(=O)Cn1c(=O)c2c(ncn2C)n(C)c1=O)C(=O)Nc1cc(F)ccc1F. The average molecular weight is 421 g/mol. The van der Waals surface area contributed by atoms with Gasteiger partial charge in [-0.25, -0.2) is 23.1 Å². The lowest BCUT2D eigenvalue weighted by Gasteiger charge is -2.14. The number of benzene rings is 1. The second-order valence-electron chi connectivity index (χ2n) is 6.51. The van der Waals surface area contributed by atoms with Crippen LogP contribution in [0.25, 0.3) is 11.2 Å². The van der Waals surface area contributed by atoms with Gasteiger partial charge in [-0.1, -0.05) is 0 Å². The van der Waals surface area contributed by atoms with E-state index in [1.165, 1.54) is 24.9 Å². The molecule has 0 aliphatic heterocycles. The van der Waals surface area contributed by atoms with Crippen molar-refractivity contribution in [3.05, 3.63) is 57.0 Å². The quantitative estimate of drug-likeness (QED) is 0.592. The number of hydrogen-bond acceptors (Lipinski definition) is 6. The van der Waals surface area contributed by atoms with Crippen molar-refractivity contribution in [3.8, 4) is 0 Å². The molecule has 0 spiro atoms. The van der Waals surface area contributed by atoms with Crippen LogP contribution in [-0.2, 0) is 35.0 Å². The Morgan fingerprint density at radius 2 is 1.93 bits per heavy atom. The van der Waals surface area contributed by atoms with Gasteiger partial charge in [0.25, 0.3) is 11.5 Å². The van der Waals surface area contributed by atoms with E-state index >= 15 is 0 Å². The summed E-state index contributed by atoms with van der Waals surface area (Å²) in [6, 6.07) is 2.48. The van der Waals surface area contributed by atoms with E-state index < -0.39 is 53.1 Å². The van der Waals surface area contributed by atoms with Gasteiger partial charge in [0.2, 0.25) is 0 Å². The fourth-order valence-electron chi connectivity index (χ4n) is 2.78. The maximum Gasteiger partial charge on any atom is 0.333 e. The van der Waals surface area contributed by atoms with Gasteiger partial charge in [-0.3, -0.25) is 19.0 Å². The number of aromatic nitrogens is 4. The number of halogens is 2. The van der Waals surface area contributed by atoms with Gasteiger partial charge in [-0.2, -0.15) is 0 Å². The maximum absolute atomic E-state index is 13.6. The summed E-state index contributed by atoms with van der Waals surface area (Å²) in [6.45, 7) is 0.453. The molecule has 0 bridgehead atoms. The van der Waals surface area contributed by atoms with E-state index in [0.717, 1.165) is 22.8 Å². The van der Waals surface area contributed by atoms with Gasteiger partial charge in [-0.05, 0) is 19.1 Å². The van der Waals surface area contributed by atoms with Gasteiger partial charge in [0.1, 0.15) is 18.2 Å². The molecular weight excluding hydrogens is 404 g/mol. The van der Waals surface area contributed by atoms with E-state index in [4.69, 9.17) is 4.74 Å². The predicted molar refractivity (Wildman–Crippen MR) is 101 cm³/mol. The Labute approximate surface area is 167 Å². The number of ether oxygens (including phenoxy) is 1. The summed E-state index contributed by atoms with van der Waals surface area (Å²) in [4.78, 5) is 53.3. The van der Waals surface area contributed by atoms with Crippen molar-refractivity contribution in [2.75, 3.05) is 5.32 Å². The molecule has 0 aliphatic rings. The number of fused-ring (bicyclic) bond motifs is 1. The summed E-state index contributed by atoms with van der Waals surface area (Å²) >= 11 is 0. The molecule has 30 heavy (non-hydrogen) atoms. The lowest BCUT2D eigenvalue weighted by Crippen LogP contribution is -2.42. The third kappa shape index (κ3) is 3.83. The van der Waals surface area contributed by atoms with Crippen LogP contribution in [-0.4, -0.2) is 36.7 Å². The van der Waals surface area contributed by atoms with E-state index in [9.17, 15) is 28.0 Å². The number of aryl methyl sites for hydroxylation is 2. The number of carbonyl (C=O) groups excluding carboxylic acids is 2. The van der Waals surface area contributed by atoms with Crippen LogP contribution in [0.4, 0.5) is 14.5 Å². The standard InChI is InChI=1S/C18H17F2N5O5/c1-9(16(27)22-12-6-10(19)4-5-11(12)20)30-13(26)7-25-17(28)14-15(21-8-23(14)2)24(3)18(25)29/h4-6,8-9H,7H2,1-3H3,(H,22,27). The third-order valence-electron chi connectivity index (χ3n) is 4.35. The Balaban J connectivity index is 1.76. The Bertz CT molecular complexity index is 1280. The van der Waals surface area contributed by atoms with E-state index in [0.29, 0.717) is 4.57 Å². The van der Waals surface area contributed by atoms with Crippen LogP contribution in [0.2, 0.25) is 0 Å². The minimum atomic E-state index is -1.40. The summed E-state index contributed by atoms with van der Waals surface area (Å²) in [6.07, 6.45) is -0.0493. The van der Waals surface area contributed by atoms with Crippen LogP contribution in [0, 0.1) is 11.6 Å². The Morgan fingerprint density at radius 3 is 2.63 bits per heavy atom. The average Bonchev–Trinajstić information content (AvgIpc) is 3.08. The summed E-state index contributed by atoms with van der Waals surface area (Å²) in [5, 5.41) is 2.10. The van der Waals surface area contributed by atoms with Gasteiger partial charge in [-0.15, -0.1) is 0 Å². The molecule has 10 nitrogen and oxygen atoms in total. The zero-order valence-electron chi connectivity index (χ0n) is 16.2. The number of nitrogens with one attached hydrogen (secondary N) is 1.